The highest BCUT2D eigenvalue weighted by Crippen LogP contribution is 2.28. The Hall–Kier alpha value is -4.04. The molecule has 190 valence electrons. The van der Waals surface area contributed by atoms with E-state index >= 15 is 0 Å². The molecule has 0 bridgehead atoms. The summed E-state index contributed by atoms with van der Waals surface area (Å²) in [5.74, 6) is 0.885. The fourth-order valence-electron chi connectivity index (χ4n) is 4.84. The van der Waals surface area contributed by atoms with Crippen LogP contribution in [0.1, 0.15) is 29.4 Å². The summed E-state index contributed by atoms with van der Waals surface area (Å²) in [6.07, 6.45) is 3.51. The van der Waals surface area contributed by atoms with Gasteiger partial charge in [-0.2, -0.15) is 5.10 Å². The zero-order chi connectivity index (χ0) is 25.8. The fourth-order valence-corrected chi connectivity index (χ4v) is 4.84. The van der Waals surface area contributed by atoms with Crippen LogP contribution in [0.2, 0.25) is 0 Å². The summed E-state index contributed by atoms with van der Waals surface area (Å²) in [6.45, 7) is 10.9. The second-order valence-electron chi connectivity index (χ2n) is 9.50. The molecule has 0 unspecified atom stereocenters. The van der Waals surface area contributed by atoms with Crippen LogP contribution in [0.3, 0.4) is 0 Å². The van der Waals surface area contributed by atoms with E-state index in [9.17, 15) is 4.79 Å². The fraction of sp³-hybridized carbons (Fsp3) is 0.310. The summed E-state index contributed by atoms with van der Waals surface area (Å²) in [7, 11) is 0. The minimum atomic E-state index is -0.0326. The van der Waals surface area contributed by atoms with Crippen molar-refractivity contribution in [1.82, 2.24) is 30.0 Å². The molecule has 0 aliphatic carbocycles. The van der Waals surface area contributed by atoms with Gasteiger partial charge in [0.05, 0.1) is 11.4 Å². The summed E-state index contributed by atoms with van der Waals surface area (Å²) < 4.78 is 2.05. The van der Waals surface area contributed by atoms with E-state index in [4.69, 9.17) is 10.1 Å². The number of para-hydroxylation sites is 1. The standard InChI is InChI=1S/C29H33N7O/c1-21-27(22(2)36(33-21)26-7-5-4-6-8-26)20-34-15-17-35(18-16-34)29-28(30-13-14-31-29)25-11-9-24(10-12-25)19-32-23(3)37/h4-14H,15-20H2,1-3H3,(H,32,37). The second kappa shape index (κ2) is 10.9. The smallest absolute Gasteiger partial charge is 0.217 e. The highest BCUT2D eigenvalue weighted by Gasteiger charge is 2.23. The number of carbonyl (C=O) groups is 1. The number of aryl methyl sites for hydroxylation is 1. The highest BCUT2D eigenvalue weighted by atomic mass is 16.1. The molecular weight excluding hydrogens is 462 g/mol. The largest absolute Gasteiger partial charge is 0.352 e. The molecule has 1 N–H and O–H groups in total. The summed E-state index contributed by atoms with van der Waals surface area (Å²) >= 11 is 0. The van der Waals surface area contributed by atoms with Crippen LogP contribution in [0.4, 0.5) is 5.82 Å². The third-order valence-electron chi connectivity index (χ3n) is 6.94. The Morgan fingerprint density at radius 2 is 1.62 bits per heavy atom. The van der Waals surface area contributed by atoms with Gasteiger partial charge in [-0.25, -0.2) is 9.67 Å². The van der Waals surface area contributed by atoms with E-state index in [2.05, 4.69) is 58.2 Å². The molecule has 1 amide bonds. The van der Waals surface area contributed by atoms with Gasteiger partial charge in [0, 0.05) is 75.4 Å². The summed E-state index contributed by atoms with van der Waals surface area (Å²) in [5, 5.41) is 7.66. The van der Waals surface area contributed by atoms with Crippen LogP contribution in [0.5, 0.6) is 0 Å². The highest BCUT2D eigenvalue weighted by molar-refractivity contribution is 5.73. The van der Waals surface area contributed by atoms with Gasteiger partial charge in [0.25, 0.3) is 0 Å². The Kier molecular flexibility index (Phi) is 7.28. The molecule has 0 radical (unpaired) electrons. The molecule has 3 heterocycles. The Morgan fingerprint density at radius 3 is 2.32 bits per heavy atom. The lowest BCUT2D eigenvalue weighted by Crippen LogP contribution is -2.46. The lowest BCUT2D eigenvalue weighted by atomic mass is 10.1. The molecule has 2 aromatic heterocycles. The maximum Gasteiger partial charge on any atom is 0.217 e. The lowest BCUT2D eigenvalue weighted by Gasteiger charge is -2.36. The Bertz CT molecular complexity index is 1360. The molecule has 1 aliphatic rings. The number of piperazine rings is 1. The van der Waals surface area contributed by atoms with Crippen LogP contribution < -0.4 is 10.2 Å². The van der Waals surface area contributed by atoms with E-state index in [0.29, 0.717) is 6.54 Å². The second-order valence-corrected chi connectivity index (χ2v) is 9.50. The van der Waals surface area contributed by atoms with Crippen LogP contribution in [0, 0.1) is 13.8 Å². The number of hydrogen-bond donors (Lipinski definition) is 1. The lowest BCUT2D eigenvalue weighted by molar-refractivity contribution is -0.119. The Morgan fingerprint density at radius 1 is 0.919 bits per heavy atom. The normalized spacial score (nSPS) is 14.1. The molecule has 1 fully saturated rings. The van der Waals surface area contributed by atoms with Gasteiger partial charge in [0.1, 0.15) is 5.69 Å². The minimum absolute atomic E-state index is 0.0326. The number of nitrogens with one attached hydrogen (secondary N) is 1. The molecule has 5 rings (SSSR count). The molecule has 37 heavy (non-hydrogen) atoms. The van der Waals surface area contributed by atoms with Crippen molar-refractivity contribution in [1.29, 1.82) is 0 Å². The number of benzene rings is 2. The summed E-state index contributed by atoms with van der Waals surface area (Å²) in [6, 6.07) is 18.5. The molecule has 8 nitrogen and oxygen atoms in total. The predicted molar refractivity (Wildman–Crippen MR) is 146 cm³/mol. The van der Waals surface area contributed by atoms with E-state index in [1.807, 2.05) is 35.0 Å². The van der Waals surface area contributed by atoms with Crippen molar-refractivity contribution in [2.75, 3.05) is 31.1 Å². The molecular formula is C29H33N7O. The predicted octanol–water partition coefficient (Wildman–Crippen LogP) is 3.90. The first-order valence-electron chi connectivity index (χ1n) is 12.7. The molecule has 1 saturated heterocycles. The molecule has 4 aromatic rings. The van der Waals surface area contributed by atoms with Crippen molar-refractivity contribution in [3.8, 4) is 16.9 Å². The van der Waals surface area contributed by atoms with Crippen LogP contribution in [-0.4, -0.2) is 56.7 Å². The Labute approximate surface area is 218 Å². The van der Waals surface area contributed by atoms with Crippen molar-refractivity contribution in [2.45, 2.75) is 33.9 Å². The van der Waals surface area contributed by atoms with E-state index in [0.717, 1.165) is 66.7 Å². The van der Waals surface area contributed by atoms with Gasteiger partial charge in [-0.1, -0.05) is 42.5 Å². The molecule has 1 aliphatic heterocycles. The SMILES string of the molecule is CC(=O)NCc1ccc(-c2nccnc2N2CCN(Cc3c(C)nn(-c4ccccc4)c3C)CC2)cc1. The van der Waals surface area contributed by atoms with Gasteiger partial charge in [-0.3, -0.25) is 14.7 Å². The van der Waals surface area contributed by atoms with Crippen LogP contribution in [-0.2, 0) is 17.9 Å². The number of anilines is 1. The molecule has 0 saturated carbocycles. The van der Waals surface area contributed by atoms with Crippen molar-refractivity contribution in [2.24, 2.45) is 0 Å². The van der Waals surface area contributed by atoms with Crippen molar-refractivity contribution < 1.29 is 4.79 Å². The molecule has 8 heteroatoms. The van der Waals surface area contributed by atoms with Crippen molar-refractivity contribution >= 4 is 11.7 Å². The van der Waals surface area contributed by atoms with E-state index < -0.39 is 0 Å². The monoisotopic (exact) mass is 495 g/mol. The topological polar surface area (TPSA) is 79.2 Å². The average Bonchev–Trinajstić information content (AvgIpc) is 3.21. The van der Waals surface area contributed by atoms with Gasteiger partial charge in [0.2, 0.25) is 5.91 Å². The maximum absolute atomic E-state index is 11.2. The zero-order valence-corrected chi connectivity index (χ0v) is 21.7. The van der Waals surface area contributed by atoms with Gasteiger partial charge >= 0.3 is 0 Å². The minimum Gasteiger partial charge on any atom is -0.352 e. The Balaban J connectivity index is 1.26. The van der Waals surface area contributed by atoms with Crippen LogP contribution >= 0.6 is 0 Å². The first-order chi connectivity index (χ1) is 18.0. The van der Waals surface area contributed by atoms with Gasteiger partial charge in [0.15, 0.2) is 5.82 Å². The molecule has 2 aromatic carbocycles. The van der Waals surface area contributed by atoms with Gasteiger partial charge in [-0.05, 0) is 31.5 Å². The number of aromatic nitrogens is 4. The van der Waals surface area contributed by atoms with E-state index in [1.54, 1.807) is 12.4 Å². The average molecular weight is 496 g/mol. The van der Waals surface area contributed by atoms with Gasteiger partial charge < -0.3 is 10.2 Å². The van der Waals surface area contributed by atoms with E-state index in [-0.39, 0.29) is 5.91 Å². The van der Waals surface area contributed by atoms with Crippen LogP contribution in [0.25, 0.3) is 16.9 Å². The number of rotatable bonds is 7. The maximum atomic E-state index is 11.2. The van der Waals surface area contributed by atoms with Gasteiger partial charge in [-0.15, -0.1) is 0 Å². The van der Waals surface area contributed by atoms with E-state index in [1.165, 1.54) is 18.2 Å². The quantitative estimate of drug-likeness (QED) is 0.419. The third kappa shape index (κ3) is 5.54. The first kappa shape index (κ1) is 24.6. The molecule has 0 atom stereocenters. The number of hydrogen-bond acceptors (Lipinski definition) is 6. The zero-order valence-electron chi connectivity index (χ0n) is 21.7. The number of carbonyl (C=O) groups excluding carboxylic acids is 1. The summed E-state index contributed by atoms with van der Waals surface area (Å²) in [4.78, 5) is 25.4. The third-order valence-corrected chi connectivity index (χ3v) is 6.94. The molecule has 0 spiro atoms. The summed E-state index contributed by atoms with van der Waals surface area (Å²) in [5.41, 5.74) is 7.65. The number of nitrogens with zero attached hydrogens (tertiary/aromatic N) is 6. The first-order valence-corrected chi connectivity index (χ1v) is 12.7. The number of amides is 1. The van der Waals surface area contributed by atoms with Crippen LogP contribution in [0.15, 0.2) is 67.0 Å². The van der Waals surface area contributed by atoms with Crippen molar-refractivity contribution in [3.63, 3.8) is 0 Å². The van der Waals surface area contributed by atoms with Crippen molar-refractivity contribution in [3.05, 3.63) is 89.5 Å².